The molecule has 0 radical (unpaired) electrons. The standard InChI is InChI=1S/C11H13INO2/c1-8(10-3-5-15-7-10)12-11(14)9-2-4-13-6-9/h2-8,11,13-14H,1H3/q-1/t8-,11+/m1/s1. The summed E-state index contributed by atoms with van der Waals surface area (Å²) in [6.45, 7) is 2.13. The number of nitrogens with one attached hydrogen (secondary N) is 1. The molecule has 0 saturated carbocycles. The Morgan fingerprint density at radius 2 is 2.27 bits per heavy atom. The van der Waals surface area contributed by atoms with E-state index in [-0.39, 0.29) is 25.3 Å². The number of aromatic amines is 1. The van der Waals surface area contributed by atoms with Crippen LogP contribution in [0.25, 0.3) is 0 Å². The molecule has 2 heterocycles. The van der Waals surface area contributed by atoms with Crippen LogP contribution in [0.1, 0.15) is 26.1 Å². The summed E-state index contributed by atoms with van der Waals surface area (Å²) in [6, 6.07) is 3.89. The summed E-state index contributed by atoms with van der Waals surface area (Å²) < 4.78 is 5.14. The molecule has 3 nitrogen and oxygen atoms in total. The second-order valence-corrected chi connectivity index (χ2v) is 7.05. The fraction of sp³-hybridized carbons (Fsp3) is 0.273. The molecule has 15 heavy (non-hydrogen) atoms. The Kier molecular flexibility index (Phi) is 3.48. The van der Waals surface area contributed by atoms with E-state index >= 15 is 0 Å². The van der Waals surface area contributed by atoms with E-state index in [9.17, 15) is 5.11 Å². The molecule has 82 valence electrons. The number of aliphatic hydroxyl groups is 1. The molecule has 2 rings (SSSR count). The number of furan rings is 1. The third-order valence-corrected chi connectivity index (χ3v) is 5.41. The third kappa shape index (κ3) is 2.63. The molecule has 2 atom stereocenters. The molecule has 0 aliphatic rings. The van der Waals surface area contributed by atoms with Crippen LogP contribution in [0.3, 0.4) is 0 Å². The number of hydrogen-bond donors (Lipinski definition) is 2. The van der Waals surface area contributed by atoms with Crippen LogP contribution in [0.15, 0.2) is 41.5 Å². The van der Waals surface area contributed by atoms with Crippen LogP contribution >= 0.6 is 0 Å². The number of alkyl halides is 2. The summed E-state index contributed by atoms with van der Waals surface area (Å²) >= 11 is -0.330. The van der Waals surface area contributed by atoms with Crippen molar-refractivity contribution in [3.05, 3.63) is 48.2 Å². The first-order chi connectivity index (χ1) is 7.27. The van der Waals surface area contributed by atoms with Crippen LogP contribution in [0.4, 0.5) is 0 Å². The van der Waals surface area contributed by atoms with Gasteiger partial charge in [0.05, 0.1) is 0 Å². The number of aliphatic hydroxyl groups excluding tert-OH is 1. The topological polar surface area (TPSA) is 49.2 Å². The zero-order valence-electron chi connectivity index (χ0n) is 8.35. The maximum atomic E-state index is 9.98. The van der Waals surface area contributed by atoms with Crippen molar-refractivity contribution < 1.29 is 30.7 Å². The average molecular weight is 318 g/mol. The molecule has 0 spiro atoms. The van der Waals surface area contributed by atoms with Crippen molar-refractivity contribution in [2.75, 3.05) is 0 Å². The van der Waals surface area contributed by atoms with E-state index < -0.39 is 0 Å². The van der Waals surface area contributed by atoms with Gasteiger partial charge in [-0.05, 0) is 0 Å². The van der Waals surface area contributed by atoms with Crippen molar-refractivity contribution in [1.82, 2.24) is 4.98 Å². The molecule has 0 unspecified atom stereocenters. The van der Waals surface area contributed by atoms with Gasteiger partial charge < -0.3 is 0 Å². The van der Waals surface area contributed by atoms with Gasteiger partial charge in [-0.25, -0.2) is 0 Å². The van der Waals surface area contributed by atoms with E-state index in [1.54, 1.807) is 12.5 Å². The third-order valence-electron chi connectivity index (χ3n) is 2.21. The molecule has 2 N–H and O–H groups in total. The first-order valence-corrected chi connectivity index (χ1v) is 7.21. The Balaban J connectivity index is 1.98. The van der Waals surface area contributed by atoms with Gasteiger partial charge in [0.15, 0.2) is 0 Å². The molecule has 0 fully saturated rings. The van der Waals surface area contributed by atoms with Crippen molar-refractivity contribution in [3.8, 4) is 0 Å². The molecule has 0 amide bonds. The Bertz CT molecular complexity index is 344. The minimum absolute atomic E-state index is 0.306. The van der Waals surface area contributed by atoms with E-state index in [4.69, 9.17) is 4.42 Å². The fourth-order valence-corrected chi connectivity index (χ4v) is 3.90. The summed E-state index contributed by atoms with van der Waals surface area (Å²) in [5.41, 5.74) is 2.16. The molecular weight excluding hydrogens is 305 g/mol. The average Bonchev–Trinajstić information content (AvgIpc) is 2.91. The molecule has 2 aromatic rings. The SMILES string of the molecule is C[C@@H]([I-][C@@H](O)c1cc[nH]c1)c1ccoc1. The Morgan fingerprint density at radius 1 is 1.40 bits per heavy atom. The molecule has 2 aromatic heterocycles. The van der Waals surface area contributed by atoms with E-state index in [0.29, 0.717) is 3.92 Å². The van der Waals surface area contributed by atoms with Gasteiger partial charge in [-0.3, -0.25) is 0 Å². The summed E-state index contributed by atoms with van der Waals surface area (Å²) in [6.07, 6.45) is 7.13. The summed E-state index contributed by atoms with van der Waals surface area (Å²) in [5.74, 6) is 0. The van der Waals surface area contributed by atoms with Crippen LogP contribution < -0.4 is 21.2 Å². The number of H-pyrrole nitrogens is 1. The molecule has 0 aromatic carbocycles. The normalized spacial score (nSPS) is 15.3. The summed E-state index contributed by atoms with van der Waals surface area (Å²) in [7, 11) is 0. The number of rotatable bonds is 4. The first kappa shape index (κ1) is 10.8. The predicted octanol–water partition coefficient (Wildman–Crippen LogP) is -0.551. The van der Waals surface area contributed by atoms with Crippen LogP contribution in [0, 0.1) is 0 Å². The molecular formula is C11H13INO2-. The van der Waals surface area contributed by atoms with Crippen molar-refractivity contribution in [2.45, 2.75) is 15.0 Å². The molecule has 0 aliphatic carbocycles. The van der Waals surface area contributed by atoms with Gasteiger partial charge >= 0.3 is 98.9 Å². The van der Waals surface area contributed by atoms with Gasteiger partial charge in [-0.1, -0.05) is 0 Å². The summed E-state index contributed by atoms with van der Waals surface area (Å²) in [5, 5.41) is 9.98. The summed E-state index contributed by atoms with van der Waals surface area (Å²) in [4.78, 5) is 2.96. The quantitative estimate of drug-likeness (QED) is 0.587. The van der Waals surface area contributed by atoms with Crippen molar-refractivity contribution in [2.24, 2.45) is 0 Å². The molecule has 0 aliphatic heterocycles. The predicted molar refractivity (Wildman–Crippen MR) is 52.9 cm³/mol. The fourth-order valence-electron chi connectivity index (χ4n) is 1.31. The molecule has 0 saturated heterocycles. The second kappa shape index (κ2) is 4.85. The van der Waals surface area contributed by atoms with E-state index in [2.05, 4.69) is 11.9 Å². The zero-order chi connectivity index (χ0) is 10.7. The van der Waals surface area contributed by atoms with Gasteiger partial charge in [-0.15, -0.1) is 0 Å². The number of hydrogen-bond acceptors (Lipinski definition) is 2. The Hall–Kier alpha value is -0.750. The van der Waals surface area contributed by atoms with E-state index in [0.717, 1.165) is 5.56 Å². The van der Waals surface area contributed by atoms with Gasteiger partial charge in [0, 0.05) is 0 Å². The maximum absolute atomic E-state index is 9.98. The minimum atomic E-state index is -0.330. The first-order valence-electron chi connectivity index (χ1n) is 4.72. The second-order valence-electron chi connectivity index (χ2n) is 3.28. The van der Waals surface area contributed by atoms with Crippen LogP contribution in [-0.2, 0) is 0 Å². The Morgan fingerprint density at radius 3 is 2.87 bits per heavy atom. The van der Waals surface area contributed by atoms with Crippen LogP contribution in [0.5, 0.6) is 0 Å². The van der Waals surface area contributed by atoms with Crippen LogP contribution in [0.2, 0.25) is 0 Å². The van der Waals surface area contributed by atoms with Crippen molar-refractivity contribution >= 4 is 0 Å². The molecule has 4 heteroatoms. The van der Waals surface area contributed by atoms with Crippen molar-refractivity contribution in [3.63, 3.8) is 0 Å². The van der Waals surface area contributed by atoms with Gasteiger partial charge in [-0.2, -0.15) is 0 Å². The number of halogens is 1. The van der Waals surface area contributed by atoms with E-state index in [1.807, 2.05) is 24.5 Å². The van der Waals surface area contributed by atoms with Gasteiger partial charge in [0.2, 0.25) is 0 Å². The van der Waals surface area contributed by atoms with Crippen molar-refractivity contribution in [1.29, 1.82) is 0 Å². The zero-order valence-corrected chi connectivity index (χ0v) is 10.5. The number of aromatic nitrogens is 1. The van der Waals surface area contributed by atoms with Gasteiger partial charge in [0.25, 0.3) is 0 Å². The monoisotopic (exact) mass is 318 g/mol. The Labute approximate surface area is 98.8 Å². The van der Waals surface area contributed by atoms with Crippen LogP contribution in [-0.4, -0.2) is 10.1 Å². The molecule has 0 bridgehead atoms. The van der Waals surface area contributed by atoms with Gasteiger partial charge in [0.1, 0.15) is 0 Å². The van der Waals surface area contributed by atoms with E-state index in [1.165, 1.54) is 5.56 Å².